The van der Waals surface area contributed by atoms with Gasteiger partial charge < -0.3 is 33.7 Å². The lowest BCUT2D eigenvalue weighted by Gasteiger charge is -2.37. The Labute approximate surface area is 314 Å². The topological polar surface area (TPSA) is 114 Å². The molecule has 0 saturated heterocycles. The number of hydrogen-bond donors (Lipinski definition) is 1. The van der Waals surface area contributed by atoms with E-state index in [4.69, 9.17) is 28.4 Å². The summed E-state index contributed by atoms with van der Waals surface area (Å²) in [6, 6.07) is 13.0. The Morgan fingerprint density at radius 2 is 1.61 bits per heavy atom. The molecule has 0 amide bonds. The highest BCUT2D eigenvalue weighted by Crippen LogP contribution is 2.56. The second-order valence-electron chi connectivity index (χ2n) is 12.5. The zero-order valence-electron chi connectivity index (χ0n) is 29.5. The monoisotopic (exact) mass is 825 g/mol. The molecule has 0 saturated carbocycles. The Bertz CT molecular complexity index is 1950. The standard InChI is InChI=1S/C38H41Br2N3O8/c1-41-15-13-23-17-29(46-3)30-18-22(23)10-7-21-8-11-24(12-9-21)50-35-31(47-4)20-27(43(44)45)26(34(35)40)19-28-32-25(14-16-42(28)2)33(39)37(48-5)38(49-6)36(32)51-30/h8-9,11-12,17-18,20,28,41H,7,10,13-16,19H2,1-6H3/t28-/m0/s1. The summed E-state index contributed by atoms with van der Waals surface area (Å²) in [5, 5.41) is 15.9. The van der Waals surface area contributed by atoms with Crippen molar-refractivity contribution in [1.29, 1.82) is 0 Å². The van der Waals surface area contributed by atoms with Gasteiger partial charge in [0.15, 0.2) is 34.5 Å². The molecule has 13 heteroatoms. The summed E-state index contributed by atoms with van der Waals surface area (Å²) in [5.74, 6) is 3.63. The van der Waals surface area contributed by atoms with Crippen molar-refractivity contribution in [2.45, 2.75) is 38.1 Å². The first-order valence-corrected chi connectivity index (χ1v) is 18.2. The first-order chi connectivity index (χ1) is 24.6. The smallest absolute Gasteiger partial charge is 0.277 e. The van der Waals surface area contributed by atoms with Gasteiger partial charge in [0.25, 0.3) is 5.69 Å². The number of ether oxygens (including phenoxy) is 6. The van der Waals surface area contributed by atoms with Gasteiger partial charge in [-0.15, -0.1) is 0 Å². The molecule has 3 heterocycles. The fourth-order valence-corrected chi connectivity index (χ4v) is 8.37. The minimum absolute atomic E-state index is 0.0955. The van der Waals surface area contributed by atoms with E-state index < -0.39 is 6.04 Å². The van der Waals surface area contributed by atoms with E-state index in [1.165, 1.54) is 13.2 Å². The van der Waals surface area contributed by atoms with Crippen LogP contribution in [0.3, 0.4) is 0 Å². The minimum atomic E-state index is -0.394. The highest BCUT2D eigenvalue weighted by molar-refractivity contribution is 9.11. The first kappa shape index (κ1) is 36.7. The van der Waals surface area contributed by atoms with Crippen LogP contribution in [0.15, 0.2) is 51.4 Å². The third kappa shape index (κ3) is 7.09. The van der Waals surface area contributed by atoms with Crippen LogP contribution in [0.4, 0.5) is 5.69 Å². The fourth-order valence-electron chi connectivity index (χ4n) is 6.98. The number of fused-ring (bicyclic) bond motifs is 3. The van der Waals surface area contributed by atoms with Gasteiger partial charge >= 0.3 is 0 Å². The predicted molar refractivity (Wildman–Crippen MR) is 202 cm³/mol. The molecule has 51 heavy (non-hydrogen) atoms. The van der Waals surface area contributed by atoms with Crippen LogP contribution in [-0.4, -0.2) is 65.4 Å². The van der Waals surface area contributed by atoms with Crippen molar-refractivity contribution in [3.8, 4) is 46.0 Å². The van der Waals surface area contributed by atoms with Gasteiger partial charge in [-0.05, 0) is 125 Å². The van der Waals surface area contributed by atoms with Crippen molar-refractivity contribution in [3.05, 3.63) is 94.9 Å². The number of aryl methyl sites for hydroxylation is 2. The SMILES string of the molecule is CNCCc1cc(OC)c2cc1CCc1ccc(cc1)Oc1c(OC)cc([N+](=O)[O-])c(c1Br)C[C@H]1c3c(c(Br)c(OC)c(OC)c3O2)CCN1C. The van der Waals surface area contributed by atoms with Crippen molar-refractivity contribution in [1.82, 2.24) is 10.2 Å². The molecule has 270 valence electrons. The van der Waals surface area contributed by atoms with Gasteiger partial charge in [0.05, 0.1) is 48.4 Å². The van der Waals surface area contributed by atoms with Crippen LogP contribution in [0.25, 0.3) is 0 Å². The minimum Gasteiger partial charge on any atom is -0.493 e. The van der Waals surface area contributed by atoms with Gasteiger partial charge in [0.2, 0.25) is 5.75 Å². The van der Waals surface area contributed by atoms with Crippen molar-refractivity contribution in [2.24, 2.45) is 0 Å². The van der Waals surface area contributed by atoms with E-state index in [1.807, 2.05) is 38.4 Å². The van der Waals surface area contributed by atoms with Gasteiger partial charge in [0.1, 0.15) is 5.75 Å². The Kier molecular flexibility index (Phi) is 11.3. The number of likely N-dealkylation sites (N-methyl/N-ethyl adjacent to an activating group) is 2. The lowest BCUT2D eigenvalue weighted by molar-refractivity contribution is -0.385. The zero-order chi connectivity index (χ0) is 36.4. The molecule has 4 aromatic rings. The Morgan fingerprint density at radius 3 is 2.25 bits per heavy atom. The summed E-state index contributed by atoms with van der Waals surface area (Å²) in [4.78, 5) is 14.4. The summed E-state index contributed by atoms with van der Waals surface area (Å²) in [6.07, 6.45) is 3.23. The number of halogens is 2. The van der Waals surface area contributed by atoms with Crippen LogP contribution in [0.5, 0.6) is 46.0 Å². The first-order valence-electron chi connectivity index (χ1n) is 16.6. The number of methoxy groups -OCH3 is 4. The fraction of sp³-hybridized carbons (Fsp3) is 0.368. The van der Waals surface area contributed by atoms with Crippen LogP contribution in [0, 0.1) is 10.1 Å². The second kappa shape index (κ2) is 15.7. The predicted octanol–water partition coefficient (Wildman–Crippen LogP) is 8.37. The molecule has 0 radical (unpaired) electrons. The van der Waals surface area contributed by atoms with Gasteiger partial charge in [0, 0.05) is 30.1 Å². The van der Waals surface area contributed by atoms with E-state index in [9.17, 15) is 10.1 Å². The molecule has 0 aromatic heterocycles. The molecule has 4 aromatic carbocycles. The van der Waals surface area contributed by atoms with E-state index in [-0.39, 0.29) is 22.8 Å². The summed E-state index contributed by atoms with van der Waals surface area (Å²) in [6.45, 7) is 1.48. The van der Waals surface area contributed by atoms with Crippen LogP contribution in [0.1, 0.15) is 39.4 Å². The number of rotatable bonds is 8. The van der Waals surface area contributed by atoms with Gasteiger partial charge in [-0.1, -0.05) is 12.1 Å². The molecule has 0 fully saturated rings. The molecule has 6 bridgehead atoms. The van der Waals surface area contributed by atoms with Crippen molar-refractivity contribution >= 4 is 37.5 Å². The average molecular weight is 828 g/mol. The van der Waals surface area contributed by atoms with E-state index in [0.29, 0.717) is 63.2 Å². The maximum Gasteiger partial charge on any atom is 0.277 e. The Hall–Kier alpha value is -4.04. The third-order valence-electron chi connectivity index (χ3n) is 9.68. The molecule has 7 rings (SSSR count). The lowest BCUT2D eigenvalue weighted by Crippen LogP contribution is -2.34. The second-order valence-corrected chi connectivity index (χ2v) is 14.1. The average Bonchev–Trinajstić information content (AvgIpc) is 3.13. The molecule has 3 aliphatic rings. The van der Waals surface area contributed by atoms with Crippen molar-refractivity contribution < 1.29 is 33.3 Å². The maximum atomic E-state index is 12.7. The molecule has 11 nitrogen and oxygen atoms in total. The molecule has 0 aliphatic carbocycles. The summed E-state index contributed by atoms with van der Waals surface area (Å²) in [7, 11) is 10.2. The van der Waals surface area contributed by atoms with Crippen molar-refractivity contribution in [2.75, 3.05) is 55.6 Å². The van der Waals surface area contributed by atoms with E-state index in [0.717, 1.165) is 58.1 Å². The van der Waals surface area contributed by atoms with Crippen molar-refractivity contribution in [3.63, 3.8) is 0 Å². The number of hydrogen-bond acceptors (Lipinski definition) is 10. The van der Waals surface area contributed by atoms with E-state index in [2.05, 4.69) is 54.2 Å². The molecule has 0 unspecified atom stereocenters. The summed E-state index contributed by atoms with van der Waals surface area (Å²) < 4.78 is 38.1. The number of nitrogens with zero attached hydrogens (tertiary/aromatic N) is 2. The molecule has 1 N–H and O–H groups in total. The Morgan fingerprint density at radius 1 is 0.882 bits per heavy atom. The van der Waals surface area contributed by atoms with Gasteiger partial charge in [-0.2, -0.15) is 0 Å². The molecule has 3 aliphatic heterocycles. The van der Waals surface area contributed by atoms with E-state index >= 15 is 0 Å². The summed E-state index contributed by atoms with van der Waals surface area (Å²) >= 11 is 7.54. The summed E-state index contributed by atoms with van der Waals surface area (Å²) in [5.41, 5.74) is 5.56. The molecular formula is C38H41Br2N3O8. The van der Waals surface area contributed by atoms with E-state index in [1.54, 1.807) is 21.3 Å². The van der Waals surface area contributed by atoms with Crippen LogP contribution in [-0.2, 0) is 32.1 Å². The lowest BCUT2D eigenvalue weighted by atomic mass is 9.87. The van der Waals surface area contributed by atoms with Crippen LogP contribution >= 0.6 is 31.9 Å². The number of benzene rings is 4. The van der Waals surface area contributed by atoms with Crippen LogP contribution in [0.2, 0.25) is 0 Å². The zero-order valence-corrected chi connectivity index (χ0v) is 32.7. The molecule has 1 atom stereocenters. The normalized spacial score (nSPS) is 15.5. The third-order valence-corrected chi connectivity index (χ3v) is 11.4. The number of nitro groups is 1. The Balaban J connectivity index is 1.66. The number of nitrogens with one attached hydrogen (secondary N) is 1. The van der Waals surface area contributed by atoms with Crippen LogP contribution < -0.4 is 33.7 Å². The largest absolute Gasteiger partial charge is 0.493 e. The molecular weight excluding hydrogens is 786 g/mol. The highest BCUT2D eigenvalue weighted by atomic mass is 79.9. The molecule has 0 spiro atoms. The number of nitro benzene ring substituents is 1. The van der Waals surface area contributed by atoms with Gasteiger partial charge in [-0.3, -0.25) is 15.0 Å². The van der Waals surface area contributed by atoms with Gasteiger partial charge in [-0.25, -0.2) is 0 Å². The highest BCUT2D eigenvalue weighted by Gasteiger charge is 2.38. The maximum absolute atomic E-state index is 12.7. The quantitative estimate of drug-likeness (QED) is 0.137.